The Balaban J connectivity index is 2.21. The Morgan fingerprint density at radius 3 is 3.00 bits per heavy atom. The highest BCUT2D eigenvalue weighted by Crippen LogP contribution is 2.18. The fourth-order valence-electron chi connectivity index (χ4n) is 1.51. The van der Waals surface area contributed by atoms with Gasteiger partial charge in [-0.2, -0.15) is 5.26 Å². The lowest BCUT2D eigenvalue weighted by molar-refractivity contribution is 0.507. The largest absolute Gasteiger partial charge is 0.467 e. The van der Waals surface area contributed by atoms with Crippen molar-refractivity contribution in [2.45, 2.75) is 6.54 Å². The van der Waals surface area contributed by atoms with Crippen LogP contribution in [0.3, 0.4) is 0 Å². The van der Waals surface area contributed by atoms with E-state index in [0.29, 0.717) is 12.2 Å². The molecule has 0 aliphatic rings. The summed E-state index contributed by atoms with van der Waals surface area (Å²) in [6.45, 7) is 0.618. The van der Waals surface area contributed by atoms with Crippen molar-refractivity contribution >= 4 is 5.69 Å². The third-order valence-corrected chi connectivity index (χ3v) is 2.28. The maximum atomic E-state index is 8.93. The van der Waals surface area contributed by atoms with Gasteiger partial charge in [0.2, 0.25) is 0 Å². The summed E-state index contributed by atoms with van der Waals surface area (Å²) in [7, 11) is 1.90. The van der Waals surface area contributed by atoms with Crippen LogP contribution in [0.1, 0.15) is 11.5 Å². The molecule has 0 saturated carbocycles. The molecule has 2 aromatic rings. The van der Waals surface area contributed by atoms with Gasteiger partial charge in [0.1, 0.15) is 11.8 Å². The number of hydrogen-bond donors (Lipinski definition) is 0. The minimum absolute atomic E-state index is 0.427. The molecular weight excluding hydrogens is 202 g/mol. The molecule has 0 saturated heterocycles. The molecule has 16 heavy (non-hydrogen) atoms. The van der Waals surface area contributed by atoms with Crippen LogP contribution in [-0.2, 0) is 6.54 Å². The van der Waals surface area contributed by atoms with Gasteiger partial charge in [-0.05, 0) is 24.3 Å². The van der Waals surface area contributed by atoms with Crippen LogP contribution >= 0.6 is 0 Å². The van der Waals surface area contributed by atoms with Gasteiger partial charge in [0.15, 0.2) is 5.69 Å². The highest BCUT2D eigenvalue weighted by molar-refractivity contribution is 5.55. The molecule has 2 rings (SSSR count). The van der Waals surface area contributed by atoms with Gasteiger partial charge in [-0.25, -0.2) is 4.98 Å². The predicted molar refractivity (Wildman–Crippen MR) is 59.8 cm³/mol. The number of anilines is 1. The lowest BCUT2D eigenvalue weighted by Crippen LogP contribution is -2.17. The van der Waals surface area contributed by atoms with Gasteiger partial charge in [-0.3, -0.25) is 0 Å². The predicted octanol–water partition coefficient (Wildman–Crippen LogP) is 2.18. The molecule has 0 amide bonds. The zero-order valence-electron chi connectivity index (χ0n) is 8.92. The van der Waals surface area contributed by atoms with E-state index in [1.165, 1.54) is 0 Å². The first-order valence-electron chi connectivity index (χ1n) is 4.90. The van der Waals surface area contributed by atoms with Crippen LogP contribution in [0.25, 0.3) is 0 Å². The topological polar surface area (TPSA) is 53.1 Å². The maximum absolute atomic E-state index is 8.93. The van der Waals surface area contributed by atoms with E-state index in [0.717, 1.165) is 11.4 Å². The number of pyridine rings is 1. The van der Waals surface area contributed by atoms with Gasteiger partial charge in [0.25, 0.3) is 0 Å². The first-order chi connectivity index (χ1) is 7.81. The molecule has 2 heterocycles. The number of nitriles is 1. The van der Waals surface area contributed by atoms with Gasteiger partial charge in [-0.15, -0.1) is 0 Å². The number of nitrogens with zero attached hydrogens (tertiary/aromatic N) is 3. The van der Waals surface area contributed by atoms with E-state index in [1.807, 2.05) is 36.2 Å². The fraction of sp³-hybridized carbons (Fsp3) is 0.167. The molecular formula is C12H11N3O. The molecule has 0 spiro atoms. The minimum Gasteiger partial charge on any atom is -0.467 e. The molecule has 0 aliphatic carbocycles. The van der Waals surface area contributed by atoms with Crippen molar-refractivity contribution in [1.29, 1.82) is 5.26 Å². The van der Waals surface area contributed by atoms with E-state index in [9.17, 15) is 0 Å². The van der Waals surface area contributed by atoms with Crippen molar-refractivity contribution < 1.29 is 4.42 Å². The van der Waals surface area contributed by atoms with Crippen molar-refractivity contribution in [2.75, 3.05) is 11.9 Å². The molecule has 0 atom stereocenters. The van der Waals surface area contributed by atoms with Crippen molar-refractivity contribution in [3.8, 4) is 6.07 Å². The smallest absolute Gasteiger partial charge is 0.163 e. The van der Waals surface area contributed by atoms with Gasteiger partial charge < -0.3 is 9.32 Å². The molecule has 0 aromatic carbocycles. The van der Waals surface area contributed by atoms with Gasteiger partial charge in [0.05, 0.1) is 18.5 Å². The van der Waals surface area contributed by atoms with Crippen LogP contribution in [0, 0.1) is 11.3 Å². The molecule has 0 aliphatic heterocycles. The Morgan fingerprint density at radius 1 is 1.44 bits per heavy atom. The molecule has 80 valence electrons. The van der Waals surface area contributed by atoms with Crippen LogP contribution in [0.5, 0.6) is 0 Å². The summed E-state index contributed by atoms with van der Waals surface area (Å²) < 4.78 is 5.25. The average Bonchev–Trinajstić information content (AvgIpc) is 2.81. The zero-order chi connectivity index (χ0) is 11.4. The van der Waals surface area contributed by atoms with Crippen LogP contribution in [-0.4, -0.2) is 12.0 Å². The summed E-state index contributed by atoms with van der Waals surface area (Å²) in [5.41, 5.74) is 1.23. The van der Waals surface area contributed by atoms with E-state index in [1.54, 1.807) is 12.5 Å². The average molecular weight is 213 g/mol. The highest BCUT2D eigenvalue weighted by Gasteiger charge is 2.09. The van der Waals surface area contributed by atoms with E-state index < -0.39 is 0 Å². The van der Waals surface area contributed by atoms with Crippen LogP contribution in [0.4, 0.5) is 5.69 Å². The molecule has 0 fully saturated rings. The second kappa shape index (κ2) is 4.49. The third-order valence-electron chi connectivity index (χ3n) is 2.28. The van der Waals surface area contributed by atoms with Gasteiger partial charge >= 0.3 is 0 Å². The third kappa shape index (κ3) is 2.04. The summed E-state index contributed by atoms with van der Waals surface area (Å²) in [5.74, 6) is 0.857. The highest BCUT2D eigenvalue weighted by atomic mass is 16.3. The van der Waals surface area contributed by atoms with E-state index in [2.05, 4.69) is 11.1 Å². The first-order valence-corrected chi connectivity index (χ1v) is 4.90. The quantitative estimate of drug-likeness (QED) is 0.784. The summed E-state index contributed by atoms with van der Waals surface area (Å²) >= 11 is 0. The molecule has 0 radical (unpaired) electrons. The first kappa shape index (κ1) is 10.2. The Labute approximate surface area is 93.7 Å². The summed E-state index contributed by atoms with van der Waals surface area (Å²) in [6, 6.07) is 9.50. The van der Waals surface area contributed by atoms with Crippen LogP contribution < -0.4 is 4.90 Å². The number of rotatable bonds is 3. The summed E-state index contributed by atoms with van der Waals surface area (Å²) in [4.78, 5) is 5.95. The van der Waals surface area contributed by atoms with Crippen LogP contribution in [0.15, 0.2) is 41.1 Å². The van der Waals surface area contributed by atoms with Crippen molar-refractivity contribution in [1.82, 2.24) is 4.98 Å². The number of aromatic nitrogens is 1. The van der Waals surface area contributed by atoms with E-state index in [4.69, 9.17) is 9.68 Å². The van der Waals surface area contributed by atoms with Crippen molar-refractivity contribution in [3.63, 3.8) is 0 Å². The molecule has 0 bridgehead atoms. The van der Waals surface area contributed by atoms with Crippen LogP contribution in [0.2, 0.25) is 0 Å². The minimum atomic E-state index is 0.427. The SMILES string of the molecule is CN(Cc1ccco1)c1cccnc1C#N. The lowest BCUT2D eigenvalue weighted by atomic mass is 10.2. The van der Waals surface area contributed by atoms with Crippen molar-refractivity contribution in [2.24, 2.45) is 0 Å². The fourth-order valence-corrected chi connectivity index (χ4v) is 1.51. The summed E-state index contributed by atoms with van der Waals surface area (Å²) in [6.07, 6.45) is 3.25. The zero-order valence-corrected chi connectivity index (χ0v) is 8.92. The molecule has 0 N–H and O–H groups in total. The van der Waals surface area contributed by atoms with Crippen molar-refractivity contribution in [3.05, 3.63) is 48.2 Å². The molecule has 0 unspecified atom stereocenters. The second-order valence-corrected chi connectivity index (χ2v) is 3.42. The number of hydrogen-bond acceptors (Lipinski definition) is 4. The Morgan fingerprint density at radius 2 is 2.31 bits per heavy atom. The van der Waals surface area contributed by atoms with E-state index >= 15 is 0 Å². The van der Waals surface area contributed by atoms with Gasteiger partial charge in [0, 0.05) is 13.2 Å². The maximum Gasteiger partial charge on any atom is 0.163 e. The monoisotopic (exact) mass is 213 g/mol. The molecule has 2 aromatic heterocycles. The Kier molecular flexibility index (Phi) is 2.88. The van der Waals surface area contributed by atoms with E-state index in [-0.39, 0.29) is 0 Å². The normalized spacial score (nSPS) is 9.75. The molecule has 4 nitrogen and oxygen atoms in total. The Bertz CT molecular complexity index is 499. The number of furan rings is 1. The molecule has 4 heteroatoms. The lowest BCUT2D eigenvalue weighted by Gasteiger charge is -2.18. The van der Waals surface area contributed by atoms with Gasteiger partial charge in [-0.1, -0.05) is 0 Å². The summed E-state index contributed by atoms with van der Waals surface area (Å²) in [5, 5.41) is 8.93. The standard InChI is InChI=1S/C12H11N3O/c1-15(9-10-4-3-7-16-10)12-5-2-6-14-11(12)8-13/h2-7H,9H2,1H3. The second-order valence-electron chi connectivity index (χ2n) is 3.42. The Hall–Kier alpha value is -2.28.